The highest BCUT2D eigenvalue weighted by molar-refractivity contribution is 7.16. The van der Waals surface area contributed by atoms with Gasteiger partial charge in [-0.3, -0.25) is 9.69 Å². The van der Waals surface area contributed by atoms with Crippen LogP contribution in [0.15, 0.2) is 23.0 Å². The van der Waals surface area contributed by atoms with Crippen LogP contribution >= 0.6 is 23.7 Å². The largest absolute Gasteiger partial charge is 0.374 e. The Hall–Kier alpha value is -0.920. The van der Waals surface area contributed by atoms with E-state index >= 15 is 0 Å². The van der Waals surface area contributed by atoms with Crippen molar-refractivity contribution in [3.63, 3.8) is 0 Å². The second-order valence-electron chi connectivity index (χ2n) is 5.19. The highest BCUT2D eigenvalue weighted by Gasteiger charge is 2.19. The molecule has 1 aromatic heterocycles. The van der Waals surface area contributed by atoms with E-state index in [9.17, 15) is 4.79 Å². The number of thiazole rings is 1. The number of fused-ring (bicyclic) bond motifs is 1. The summed E-state index contributed by atoms with van der Waals surface area (Å²) in [6, 6.07) is 6.25. The molecule has 116 valence electrons. The van der Waals surface area contributed by atoms with Crippen LogP contribution in [0.5, 0.6) is 0 Å². The number of halogens is 1. The van der Waals surface area contributed by atoms with E-state index in [4.69, 9.17) is 10.5 Å². The zero-order chi connectivity index (χ0) is 14.1. The first kappa shape index (κ1) is 16.5. The van der Waals surface area contributed by atoms with Gasteiger partial charge in [-0.1, -0.05) is 17.4 Å². The van der Waals surface area contributed by atoms with Gasteiger partial charge in [0.2, 0.25) is 0 Å². The van der Waals surface area contributed by atoms with Gasteiger partial charge in [-0.05, 0) is 17.7 Å². The molecule has 1 fully saturated rings. The highest BCUT2D eigenvalue weighted by atomic mass is 35.5. The van der Waals surface area contributed by atoms with Crippen molar-refractivity contribution in [2.75, 3.05) is 26.2 Å². The molecule has 0 amide bonds. The average molecular weight is 330 g/mol. The molecule has 3 rings (SSSR count). The first-order valence-corrected chi connectivity index (χ1v) is 7.61. The quantitative estimate of drug-likeness (QED) is 0.918. The number of aryl methyl sites for hydroxylation is 1. The summed E-state index contributed by atoms with van der Waals surface area (Å²) in [5.41, 5.74) is 7.90. The molecule has 1 aliphatic rings. The lowest BCUT2D eigenvalue weighted by Gasteiger charge is -2.32. The predicted molar refractivity (Wildman–Crippen MR) is 88.4 cm³/mol. The SMILES string of the molecule is Cl.Cn1c(=O)sc2cc(CN3CCOC(CN)C3)ccc21. The van der Waals surface area contributed by atoms with E-state index in [1.165, 1.54) is 16.9 Å². The van der Waals surface area contributed by atoms with Gasteiger partial charge < -0.3 is 15.0 Å². The van der Waals surface area contributed by atoms with Crippen molar-refractivity contribution >= 4 is 34.0 Å². The van der Waals surface area contributed by atoms with Gasteiger partial charge in [0.05, 0.1) is 22.9 Å². The Labute approximate surface area is 133 Å². The summed E-state index contributed by atoms with van der Waals surface area (Å²) in [6.07, 6.45) is 0.139. The summed E-state index contributed by atoms with van der Waals surface area (Å²) in [4.78, 5) is 14.1. The summed E-state index contributed by atoms with van der Waals surface area (Å²) in [7, 11) is 1.81. The van der Waals surface area contributed by atoms with Crippen LogP contribution in [0.2, 0.25) is 0 Å². The average Bonchev–Trinajstić information content (AvgIpc) is 2.74. The van der Waals surface area contributed by atoms with Crippen LogP contribution in [0, 0.1) is 0 Å². The molecule has 1 unspecified atom stereocenters. The molecule has 0 bridgehead atoms. The second kappa shape index (κ2) is 6.89. The summed E-state index contributed by atoms with van der Waals surface area (Å²) >= 11 is 1.30. The molecule has 1 aromatic carbocycles. The van der Waals surface area contributed by atoms with Crippen LogP contribution < -0.4 is 10.6 Å². The van der Waals surface area contributed by atoms with E-state index < -0.39 is 0 Å². The topological polar surface area (TPSA) is 60.5 Å². The van der Waals surface area contributed by atoms with Crippen molar-refractivity contribution in [2.45, 2.75) is 12.6 Å². The monoisotopic (exact) mass is 329 g/mol. The lowest BCUT2D eigenvalue weighted by molar-refractivity contribution is -0.0260. The van der Waals surface area contributed by atoms with Gasteiger partial charge in [0.15, 0.2) is 0 Å². The molecule has 0 aliphatic carbocycles. The van der Waals surface area contributed by atoms with Gasteiger partial charge in [-0.2, -0.15) is 0 Å². The number of rotatable bonds is 3. The van der Waals surface area contributed by atoms with E-state index in [2.05, 4.69) is 17.0 Å². The zero-order valence-corrected chi connectivity index (χ0v) is 13.6. The predicted octanol–water partition coefficient (Wildman–Crippen LogP) is 1.18. The van der Waals surface area contributed by atoms with Crippen molar-refractivity contribution in [1.82, 2.24) is 9.47 Å². The van der Waals surface area contributed by atoms with Crippen LogP contribution in [0.1, 0.15) is 5.56 Å². The standard InChI is InChI=1S/C14H19N3O2S.ClH/c1-16-12-3-2-10(6-13(12)20-14(16)18)8-17-4-5-19-11(7-15)9-17;/h2-3,6,11H,4-5,7-9,15H2,1H3;1H. The van der Waals surface area contributed by atoms with Gasteiger partial charge in [-0.25, -0.2) is 0 Å². The third kappa shape index (κ3) is 3.46. The smallest absolute Gasteiger partial charge is 0.307 e. The van der Waals surface area contributed by atoms with Crippen LogP contribution in [-0.2, 0) is 18.3 Å². The van der Waals surface area contributed by atoms with Crippen LogP contribution in [0.25, 0.3) is 10.2 Å². The molecule has 0 spiro atoms. The molecule has 1 aliphatic heterocycles. The van der Waals surface area contributed by atoms with E-state index in [-0.39, 0.29) is 23.4 Å². The molecule has 1 atom stereocenters. The Kier molecular flexibility index (Phi) is 5.40. The minimum Gasteiger partial charge on any atom is -0.374 e. The van der Waals surface area contributed by atoms with E-state index in [1.54, 1.807) is 4.57 Å². The lowest BCUT2D eigenvalue weighted by Crippen LogP contribution is -2.45. The van der Waals surface area contributed by atoms with Gasteiger partial charge in [0.1, 0.15) is 0 Å². The fraction of sp³-hybridized carbons (Fsp3) is 0.500. The molecule has 2 heterocycles. The number of hydrogen-bond acceptors (Lipinski definition) is 5. The van der Waals surface area contributed by atoms with Gasteiger partial charge in [0.25, 0.3) is 0 Å². The van der Waals surface area contributed by atoms with Gasteiger partial charge >= 0.3 is 4.87 Å². The third-order valence-electron chi connectivity index (χ3n) is 3.75. The first-order valence-electron chi connectivity index (χ1n) is 6.80. The van der Waals surface area contributed by atoms with Crippen LogP contribution in [0.3, 0.4) is 0 Å². The van der Waals surface area contributed by atoms with E-state index in [0.29, 0.717) is 6.54 Å². The summed E-state index contributed by atoms with van der Waals surface area (Å²) < 4.78 is 8.33. The first-order chi connectivity index (χ1) is 9.67. The number of benzene rings is 1. The highest BCUT2D eigenvalue weighted by Crippen LogP contribution is 2.20. The summed E-state index contributed by atoms with van der Waals surface area (Å²) in [5.74, 6) is 0. The van der Waals surface area contributed by atoms with Gasteiger partial charge in [0, 0.05) is 33.2 Å². The Bertz CT molecular complexity index is 670. The van der Waals surface area contributed by atoms with E-state index in [0.717, 1.165) is 36.5 Å². The number of hydrogen-bond donors (Lipinski definition) is 1. The van der Waals surface area contributed by atoms with E-state index in [1.807, 2.05) is 13.1 Å². The maximum Gasteiger partial charge on any atom is 0.307 e. The molecule has 0 saturated carbocycles. The molecular formula is C14H20ClN3O2S. The zero-order valence-electron chi connectivity index (χ0n) is 11.9. The normalized spacial score (nSPS) is 19.6. The Balaban J connectivity index is 0.00000161. The number of morpholine rings is 1. The molecule has 5 nitrogen and oxygen atoms in total. The Morgan fingerprint density at radius 1 is 1.48 bits per heavy atom. The molecule has 21 heavy (non-hydrogen) atoms. The number of nitrogens with zero attached hydrogens (tertiary/aromatic N) is 2. The van der Waals surface area contributed by atoms with Crippen molar-refractivity contribution in [1.29, 1.82) is 0 Å². The number of nitrogens with two attached hydrogens (primary N) is 1. The van der Waals surface area contributed by atoms with Gasteiger partial charge in [-0.15, -0.1) is 12.4 Å². The van der Waals surface area contributed by atoms with Crippen molar-refractivity contribution in [3.8, 4) is 0 Å². The van der Waals surface area contributed by atoms with Crippen molar-refractivity contribution in [2.24, 2.45) is 12.8 Å². The summed E-state index contributed by atoms with van der Waals surface area (Å²) in [5, 5.41) is 0. The fourth-order valence-corrected chi connectivity index (χ4v) is 3.54. The van der Waals surface area contributed by atoms with Crippen LogP contribution in [-0.4, -0.2) is 41.8 Å². The van der Waals surface area contributed by atoms with Crippen molar-refractivity contribution < 1.29 is 4.74 Å². The fourth-order valence-electron chi connectivity index (χ4n) is 2.60. The number of ether oxygens (including phenoxy) is 1. The lowest BCUT2D eigenvalue weighted by atomic mass is 10.1. The molecule has 2 N–H and O–H groups in total. The molecule has 2 aromatic rings. The maximum absolute atomic E-state index is 11.7. The summed E-state index contributed by atoms with van der Waals surface area (Å²) in [6.45, 7) is 3.99. The maximum atomic E-state index is 11.7. The minimum atomic E-state index is 0. The third-order valence-corrected chi connectivity index (χ3v) is 4.74. The molecule has 1 saturated heterocycles. The molecular weight excluding hydrogens is 310 g/mol. The van der Waals surface area contributed by atoms with Crippen LogP contribution in [0.4, 0.5) is 0 Å². The van der Waals surface area contributed by atoms with Crippen molar-refractivity contribution in [3.05, 3.63) is 33.4 Å². The molecule has 7 heteroatoms. The minimum absolute atomic E-state index is 0. The Morgan fingerprint density at radius 3 is 3.05 bits per heavy atom. The second-order valence-corrected chi connectivity index (χ2v) is 6.19. The number of aromatic nitrogens is 1. The Morgan fingerprint density at radius 2 is 2.29 bits per heavy atom. The molecule has 0 radical (unpaired) electrons.